The van der Waals surface area contributed by atoms with Crippen molar-refractivity contribution in [1.29, 1.82) is 0 Å². The first kappa shape index (κ1) is 26.1. The van der Waals surface area contributed by atoms with Crippen LogP contribution < -0.4 is 0 Å². The molecule has 29 heavy (non-hydrogen) atoms. The van der Waals surface area contributed by atoms with Gasteiger partial charge in [-0.25, -0.2) is 0 Å². The second kappa shape index (κ2) is 16.8. The van der Waals surface area contributed by atoms with Crippen LogP contribution >= 0.6 is 0 Å². The Hall–Kier alpha value is -0.980. The molecule has 1 nitrogen and oxygen atoms in total. The van der Waals surface area contributed by atoms with Gasteiger partial charge >= 0.3 is 0 Å². The van der Waals surface area contributed by atoms with Crippen LogP contribution in [0.5, 0.6) is 5.75 Å². The van der Waals surface area contributed by atoms with E-state index in [1.165, 1.54) is 115 Å². The third-order valence-corrected chi connectivity index (χ3v) is 6.50. The molecule has 0 radical (unpaired) electrons. The van der Waals surface area contributed by atoms with E-state index < -0.39 is 0 Å². The maximum Gasteiger partial charge on any atom is 0.121 e. The van der Waals surface area contributed by atoms with Crippen molar-refractivity contribution in [1.82, 2.24) is 0 Å². The maximum atomic E-state index is 10.3. The molecule has 1 heteroatoms. The van der Waals surface area contributed by atoms with Gasteiger partial charge in [0.2, 0.25) is 0 Å². The van der Waals surface area contributed by atoms with Gasteiger partial charge in [-0.2, -0.15) is 0 Å². The first-order valence-corrected chi connectivity index (χ1v) is 12.9. The van der Waals surface area contributed by atoms with Crippen LogP contribution in [0.25, 0.3) is 0 Å². The molecule has 0 amide bonds. The van der Waals surface area contributed by atoms with Crippen molar-refractivity contribution in [2.75, 3.05) is 0 Å². The lowest BCUT2D eigenvalue weighted by Crippen LogP contribution is -1.97. The van der Waals surface area contributed by atoms with Crippen molar-refractivity contribution in [3.63, 3.8) is 0 Å². The predicted molar refractivity (Wildman–Crippen MR) is 130 cm³/mol. The minimum absolute atomic E-state index is 0.459. The number of hydrogen-bond donors (Lipinski definition) is 1. The normalized spacial score (nSPS) is 12.4. The van der Waals surface area contributed by atoms with Gasteiger partial charge in [-0.1, -0.05) is 134 Å². The Balaban J connectivity index is 1.91. The fraction of sp³-hybridized carbons (Fsp3) is 0.786. The Kier molecular flexibility index (Phi) is 15.1. The van der Waals surface area contributed by atoms with Crippen molar-refractivity contribution in [3.05, 3.63) is 28.8 Å². The zero-order valence-electron chi connectivity index (χ0n) is 20.2. The van der Waals surface area contributed by atoms with Gasteiger partial charge < -0.3 is 5.11 Å². The van der Waals surface area contributed by atoms with Gasteiger partial charge in [0.25, 0.3) is 0 Å². The van der Waals surface area contributed by atoms with E-state index in [0.717, 1.165) is 11.1 Å². The molecule has 0 aliphatic carbocycles. The topological polar surface area (TPSA) is 20.2 Å². The molecule has 0 aliphatic heterocycles. The van der Waals surface area contributed by atoms with Gasteiger partial charge in [-0.05, 0) is 37.3 Å². The predicted octanol–water partition coefficient (Wildman–Crippen LogP) is 9.76. The highest BCUT2D eigenvalue weighted by molar-refractivity contribution is 5.44. The molecule has 1 aromatic carbocycles. The van der Waals surface area contributed by atoms with Crippen LogP contribution in [0.2, 0.25) is 0 Å². The molecule has 0 aromatic heterocycles. The molecule has 1 atom stereocenters. The van der Waals surface area contributed by atoms with E-state index in [1.54, 1.807) is 0 Å². The summed E-state index contributed by atoms with van der Waals surface area (Å²) in [5.41, 5.74) is 3.41. The van der Waals surface area contributed by atoms with Crippen LogP contribution in [0.1, 0.15) is 146 Å². The summed E-state index contributed by atoms with van der Waals surface area (Å²) in [6.07, 6.45) is 23.9. The Morgan fingerprint density at radius 1 is 0.655 bits per heavy atom. The maximum absolute atomic E-state index is 10.3. The number of phenolic OH excluding ortho intramolecular Hbond substituents is 1. The quantitative estimate of drug-likeness (QED) is 0.242. The largest absolute Gasteiger partial charge is 0.507 e. The summed E-state index contributed by atoms with van der Waals surface area (Å²) >= 11 is 0. The zero-order valence-corrected chi connectivity index (χ0v) is 20.2. The van der Waals surface area contributed by atoms with Gasteiger partial charge in [-0.15, -0.1) is 0 Å². The Bertz CT molecular complexity index is 519. The lowest BCUT2D eigenvalue weighted by molar-refractivity contribution is 0.453. The number of aromatic hydroxyl groups is 1. The highest BCUT2D eigenvalue weighted by atomic mass is 16.3. The SMILES string of the molecule is CCCCCCCCCCCCCCCCCCC(C)c1cc(C)cc(C)c1O. The Labute approximate surface area is 182 Å². The number of phenols is 1. The van der Waals surface area contributed by atoms with E-state index >= 15 is 0 Å². The molecule has 0 saturated carbocycles. The minimum atomic E-state index is 0.459. The highest BCUT2D eigenvalue weighted by Crippen LogP contribution is 2.33. The molecular weight excluding hydrogens is 352 g/mol. The molecule has 1 rings (SSSR count). The molecule has 0 fully saturated rings. The lowest BCUT2D eigenvalue weighted by atomic mass is 9.91. The third-order valence-electron chi connectivity index (χ3n) is 6.50. The second-order valence-corrected chi connectivity index (χ2v) is 9.51. The molecule has 0 bridgehead atoms. The average Bonchev–Trinajstić information content (AvgIpc) is 2.70. The number of aryl methyl sites for hydroxylation is 2. The molecule has 168 valence electrons. The fourth-order valence-corrected chi connectivity index (χ4v) is 4.52. The van der Waals surface area contributed by atoms with Crippen LogP contribution in [0.15, 0.2) is 12.1 Å². The lowest BCUT2D eigenvalue weighted by Gasteiger charge is -2.16. The fourth-order valence-electron chi connectivity index (χ4n) is 4.52. The summed E-state index contributed by atoms with van der Waals surface area (Å²) in [7, 11) is 0. The standard InChI is InChI=1S/C28H50O/c1-5-6-7-8-9-10-11-12-13-14-15-16-17-18-19-20-21-25(3)27-23-24(2)22-26(4)28(27)29/h22-23,25,29H,5-21H2,1-4H3. The smallest absolute Gasteiger partial charge is 0.121 e. The van der Waals surface area contributed by atoms with Crippen LogP contribution in [0.3, 0.4) is 0 Å². The van der Waals surface area contributed by atoms with Gasteiger partial charge in [-0.3, -0.25) is 0 Å². The molecule has 1 aromatic rings. The summed E-state index contributed by atoms with van der Waals surface area (Å²) < 4.78 is 0. The van der Waals surface area contributed by atoms with Gasteiger partial charge in [0.1, 0.15) is 5.75 Å². The van der Waals surface area contributed by atoms with Crippen LogP contribution in [-0.2, 0) is 0 Å². The Morgan fingerprint density at radius 3 is 1.52 bits per heavy atom. The van der Waals surface area contributed by atoms with Crippen molar-refractivity contribution < 1.29 is 5.11 Å². The zero-order chi connectivity index (χ0) is 21.3. The number of unbranched alkanes of at least 4 members (excludes halogenated alkanes) is 15. The molecule has 0 heterocycles. The van der Waals surface area contributed by atoms with Crippen molar-refractivity contribution >= 4 is 0 Å². The van der Waals surface area contributed by atoms with Gasteiger partial charge in [0.05, 0.1) is 0 Å². The molecular formula is C28H50O. The summed E-state index contributed by atoms with van der Waals surface area (Å²) in [6, 6.07) is 4.24. The first-order valence-electron chi connectivity index (χ1n) is 12.9. The van der Waals surface area contributed by atoms with E-state index in [0.29, 0.717) is 11.7 Å². The molecule has 0 spiro atoms. The monoisotopic (exact) mass is 402 g/mol. The van der Waals surface area contributed by atoms with Crippen molar-refractivity contribution in [2.24, 2.45) is 0 Å². The minimum Gasteiger partial charge on any atom is -0.507 e. The third kappa shape index (κ3) is 12.3. The summed E-state index contributed by atoms with van der Waals surface area (Å²) in [6.45, 7) is 8.68. The summed E-state index contributed by atoms with van der Waals surface area (Å²) in [5, 5.41) is 10.3. The highest BCUT2D eigenvalue weighted by Gasteiger charge is 2.12. The summed E-state index contributed by atoms with van der Waals surface area (Å²) in [4.78, 5) is 0. The first-order chi connectivity index (χ1) is 14.1. The number of hydrogen-bond acceptors (Lipinski definition) is 1. The van der Waals surface area contributed by atoms with Crippen LogP contribution in [-0.4, -0.2) is 5.11 Å². The van der Waals surface area contributed by atoms with E-state index in [4.69, 9.17) is 0 Å². The van der Waals surface area contributed by atoms with Crippen molar-refractivity contribution in [3.8, 4) is 5.75 Å². The van der Waals surface area contributed by atoms with Crippen LogP contribution in [0, 0.1) is 13.8 Å². The molecule has 1 N–H and O–H groups in total. The van der Waals surface area contributed by atoms with E-state index in [-0.39, 0.29) is 0 Å². The molecule has 0 saturated heterocycles. The van der Waals surface area contributed by atoms with Crippen LogP contribution in [0.4, 0.5) is 0 Å². The summed E-state index contributed by atoms with van der Waals surface area (Å²) in [5.74, 6) is 0.972. The second-order valence-electron chi connectivity index (χ2n) is 9.51. The number of rotatable bonds is 18. The van der Waals surface area contributed by atoms with Crippen molar-refractivity contribution in [2.45, 2.75) is 143 Å². The van der Waals surface area contributed by atoms with E-state index in [1.807, 2.05) is 6.92 Å². The van der Waals surface area contributed by atoms with E-state index in [9.17, 15) is 5.11 Å². The molecule has 1 unspecified atom stereocenters. The number of benzene rings is 1. The average molecular weight is 403 g/mol. The van der Waals surface area contributed by atoms with E-state index in [2.05, 4.69) is 32.9 Å². The van der Waals surface area contributed by atoms with Gasteiger partial charge in [0.15, 0.2) is 0 Å². The molecule has 0 aliphatic rings. The van der Waals surface area contributed by atoms with Gasteiger partial charge in [0, 0.05) is 0 Å². The Morgan fingerprint density at radius 2 is 1.07 bits per heavy atom.